The number of halogens is 2. The number of thiophene rings is 1. The maximum Gasteiger partial charge on any atom is 0.120 e. The number of rotatable bonds is 0. The van der Waals surface area contributed by atoms with E-state index in [1.807, 2.05) is 6.92 Å². The summed E-state index contributed by atoms with van der Waals surface area (Å²) in [5, 5.41) is 8.57. The average molecular weight is 281 g/mol. The molecule has 0 saturated heterocycles. The first-order chi connectivity index (χ1) is 4.66. The van der Waals surface area contributed by atoms with Crippen LogP contribution in [0.1, 0.15) is 10.4 Å². The topological polar surface area (TPSA) is 23.8 Å². The van der Waals surface area contributed by atoms with Crippen molar-refractivity contribution in [2.45, 2.75) is 6.92 Å². The Morgan fingerprint density at radius 3 is 2.30 bits per heavy atom. The normalized spacial score (nSPS) is 9.40. The summed E-state index contributed by atoms with van der Waals surface area (Å²) in [4.78, 5) is 0.726. The molecule has 0 spiro atoms. The molecule has 1 aromatic rings. The van der Waals surface area contributed by atoms with Gasteiger partial charge >= 0.3 is 0 Å². The molecule has 10 heavy (non-hydrogen) atoms. The van der Waals surface area contributed by atoms with E-state index in [4.69, 9.17) is 5.26 Å². The van der Waals surface area contributed by atoms with E-state index >= 15 is 0 Å². The summed E-state index contributed by atoms with van der Waals surface area (Å²) in [6, 6.07) is 2.10. The van der Waals surface area contributed by atoms with Crippen molar-refractivity contribution in [3.63, 3.8) is 0 Å². The summed E-state index contributed by atoms with van der Waals surface area (Å²) in [6.07, 6.45) is 0. The first kappa shape index (κ1) is 8.25. The maximum absolute atomic E-state index is 8.57. The predicted molar refractivity (Wildman–Crippen MR) is 49.2 cm³/mol. The van der Waals surface area contributed by atoms with Crippen LogP contribution < -0.4 is 0 Å². The molecule has 0 aliphatic rings. The molecule has 1 nitrogen and oxygen atoms in total. The Bertz CT molecular complexity index is 297. The predicted octanol–water partition coefficient (Wildman–Crippen LogP) is 3.45. The van der Waals surface area contributed by atoms with Crippen LogP contribution in [-0.2, 0) is 0 Å². The van der Waals surface area contributed by atoms with E-state index in [1.165, 1.54) is 11.3 Å². The number of hydrogen-bond acceptors (Lipinski definition) is 2. The summed E-state index contributed by atoms with van der Waals surface area (Å²) >= 11 is 8.11. The van der Waals surface area contributed by atoms with Crippen molar-refractivity contribution in [1.82, 2.24) is 0 Å². The van der Waals surface area contributed by atoms with Crippen LogP contribution in [0.2, 0.25) is 0 Å². The molecule has 0 aliphatic heterocycles. The lowest BCUT2D eigenvalue weighted by Crippen LogP contribution is -1.67. The van der Waals surface area contributed by atoms with Crippen LogP contribution in [0.15, 0.2) is 8.26 Å². The fourth-order valence-electron chi connectivity index (χ4n) is 0.539. The minimum Gasteiger partial charge on any atom is -0.191 e. The smallest absolute Gasteiger partial charge is 0.120 e. The molecule has 52 valence electrons. The third-order valence-corrected chi connectivity index (χ3v) is 4.44. The second-order valence-corrected chi connectivity index (χ2v) is 4.89. The molecule has 4 heteroatoms. The molecule has 0 aliphatic carbocycles. The second-order valence-electron chi connectivity index (χ2n) is 1.76. The molecule has 0 bridgehead atoms. The molecule has 0 fully saturated rings. The Morgan fingerprint density at radius 1 is 1.50 bits per heavy atom. The Labute approximate surface area is 79.9 Å². The Kier molecular flexibility index (Phi) is 2.50. The molecule has 0 saturated carbocycles. The highest BCUT2D eigenvalue weighted by Crippen LogP contribution is 2.35. The zero-order valence-corrected chi connectivity index (χ0v) is 9.10. The van der Waals surface area contributed by atoms with E-state index in [0.717, 1.165) is 18.7 Å². The lowest BCUT2D eigenvalue weighted by molar-refractivity contribution is 1.46. The van der Waals surface area contributed by atoms with Gasteiger partial charge in [-0.1, -0.05) is 0 Å². The molecular weight excluding hydrogens is 278 g/mol. The van der Waals surface area contributed by atoms with Gasteiger partial charge in [0.1, 0.15) is 10.9 Å². The first-order valence-corrected chi connectivity index (χ1v) is 4.91. The fraction of sp³-hybridized carbons (Fsp3) is 0.167. The van der Waals surface area contributed by atoms with Crippen LogP contribution in [0.4, 0.5) is 0 Å². The summed E-state index contributed by atoms with van der Waals surface area (Å²) in [5.74, 6) is 0. The molecule has 1 heterocycles. The van der Waals surface area contributed by atoms with Gasteiger partial charge in [0.15, 0.2) is 0 Å². The van der Waals surface area contributed by atoms with Gasteiger partial charge in [-0.3, -0.25) is 0 Å². The van der Waals surface area contributed by atoms with Crippen molar-refractivity contribution in [2.75, 3.05) is 0 Å². The van der Waals surface area contributed by atoms with Gasteiger partial charge < -0.3 is 0 Å². The van der Waals surface area contributed by atoms with E-state index in [0.29, 0.717) is 0 Å². The highest BCUT2D eigenvalue weighted by molar-refractivity contribution is 9.11. The van der Waals surface area contributed by atoms with E-state index in [9.17, 15) is 0 Å². The zero-order chi connectivity index (χ0) is 7.72. The van der Waals surface area contributed by atoms with E-state index in [1.54, 1.807) is 0 Å². The van der Waals surface area contributed by atoms with Crippen LogP contribution in [0.5, 0.6) is 0 Å². The van der Waals surface area contributed by atoms with Crippen molar-refractivity contribution in [3.8, 4) is 6.07 Å². The SMILES string of the molecule is Cc1c(Br)sc(C#N)c1Br. The summed E-state index contributed by atoms with van der Waals surface area (Å²) in [6.45, 7) is 1.96. The van der Waals surface area contributed by atoms with E-state index in [2.05, 4.69) is 37.9 Å². The van der Waals surface area contributed by atoms with Gasteiger partial charge in [0.2, 0.25) is 0 Å². The van der Waals surface area contributed by atoms with Crippen molar-refractivity contribution in [1.29, 1.82) is 5.26 Å². The van der Waals surface area contributed by atoms with Crippen molar-refractivity contribution in [2.24, 2.45) is 0 Å². The average Bonchev–Trinajstić information content (AvgIpc) is 2.17. The standard InChI is InChI=1S/C6H3Br2NS/c1-3-5(7)4(2-9)10-6(3)8/h1H3. The van der Waals surface area contributed by atoms with Crippen molar-refractivity contribution < 1.29 is 0 Å². The van der Waals surface area contributed by atoms with Crippen molar-refractivity contribution >= 4 is 43.2 Å². The third-order valence-electron chi connectivity index (χ3n) is 1.12. The molecule has 0 N–H and O–H groups in total. The third kappa shape index (κ3) is 1.26. The lowest BCUT2D eigenvalue weighted by atomic mass is 10.3. The summed E-state index contributed by atoms with van der Waals surface area (Å²) < 4.78 is 1.93. The minimum atomic E-state index is 0.726. The molecule has 1 aromatic heterocycles. The molecule has 0 amide bonds. The summed E-state index contributed by atoms with van der Waals surface area (Å²) in [5.41, 5.74) is 1.10. The van der Waals surface area contributed by atoms with Crippen LogP contribution in [-0.4, -0.2) is 0 Å². The molecule has 0 aromatic carbocycles. The zero-order valence-electron chi connectivity index (χ0n) is 5.11. The molecule has 0 radical (unpaired) electrons. The largest absolute Gasteiger partial charge is 0.191 e. The first-order valence-electron chi connectivity index (χ1n) is 2.51. The maximum atomic E-state index is 8.57. The number of hydrogen-bond donors (Lipinski definition) is 0. The highest BCUT2D eigenvalue weighted by atomic mass is 79.9. The van der Waals surface area contributed by atoms with Gasteiger partial charge in [0.25, 0.3) is 0 Å². The van der Waals surface area contributed by atoms with Gasteiger partial charge in [0, 0.05) is 0 Å². The van der Waals surface area contributed by atoms with Crippen LogP contribution in [0, 0.1) is 18.3 Å². The second kappa shape index (κ2) is 3.04. The van der Waals surface area contributed by atoms with E-state index in [-0.39, 0.29) is 0 Å². The fourth-order valence-corrected chi connectivity index (χ4v) is 2.87. The Hall–Kier alpha value is 0.150. The van der Waals surface area contributed by atoms with Crippen LogP contribution >= 0.6 is 43.2 Å². The van der Waals surface area contributed by atoms with Crippen LogP contribution in [0.25, 0.3) is 0 Å². The van der Waals surface area contributed by atoms with Crippen molar-refractivity contribution in [3.05, 3.63) is 18.7 Å². The molecule has 0 unspecified atom stereocenters. The van der Waals surface area contributed by atoms with Gasteiger partial charge in [-0.25, -0.2) is 0 Å². The molecule has 1 rings (SSSR count). The summed E-state index contributed by atoms with van der Waals surface area (Å²) in [7, 11) is 0. The highest BCUT2D eigenvalue weighted by Gasteiger charge is 2.09. The Balaban J connectivity index is 3.34. The monoisotopic (exact) mass is 279 g/mol. The molecule has 0 atom stereocenters. The number of nitriles is 1. The van der Waals surface area contributed by atoms with Gasteiger partial charge in [-0.05, 0) is 44.3 Å². The van der Waals surface area contributed by atoms with Crippen LogP contribution in [0.3, 0.4) is 0 Å². The Morgan fingerprint density at radius 2 is 2.10 bits per heavy atom. The van der Waals surface area contributed by atoms with E-state index < -0.39 is 0 Å². The quantitative estimate of drug-likeness (QED) is 0.714. The number of nitrogens with zero attached hydrogens (tertiary/aromatic N) is 1. The van der Waals surface area contributed by atoms with Gasteiger partial charge in [0.05, 0.1) is 8.26 Å². The van der Waals surface area contributed by atoms with Gasteiger partial charge in [-0.2, -0.15) is 5.26 Å². The molecular formula is C6H3Br2NS. The minimum absolute atomic E-state index is 0.726. The van der Waals surface area contributed by atoms with Gasteiger partial charge in [-0.15, -0.1) is 11.3 Å². The lowest BCUT2D eigenvalue weighted by Gasteiger charge is -1.84.